The van der Waals surface area contributed by atoms with E-state index in [1.165, 1.54) is 31.2 Å². The third kappa shape index (κ3) is 5.32. The van der Waals surface area contributed by atoms with Gasteiger partial charge in [0.2, 0.25) is 0 Å². The van der Waals surface area contributed by atoms with E-state index in [4.69, 9.17) is 9.16 Å². The zero-order chi connectivity index (χ0) is 17.1. The molecule has 1 aliphatic carbocycles. The van der Waals surface area contributed by atoms with Gasteiger partial charge in [-0.25, -0.2) is 0 Å². The van der Waals surface area contributed by atoms with Gasteiger partial charge < -0.3 is 9.16 Å². The minimum atomic E-state index is -1.73. The number of ether oxygens (including phenoxy) is 1. The second-order valence-corrected chi connectivity index (χ2v) is 13.2. The largest absolute Gasteiger partial charge is 0.495 e. The lowest BCUT2D eigenvalue weighted by Gasteiger charge is -2.36. The average molecular weight is 336 g/mol. The van der Waals surface area contributed by atoms with Crippen LogP contribution in [-0.4, -0.2) is 20.4 Å². The second kappa shape index (κ2) is 7.35. The van der Waals surface area contributed by atoms with Crippen molar-refractivity contribution in [3.63, 3.8) is 0 Å². The summed E-state index contributed by atoms with van der Waals surface area (Å²) in [6, 6.07) is 2.18. The molecule has 1 heterocycles. The van der Waals surface area contributed by atoms with E-state index in [9.17, 15) is 0 Å². The minimum Gasteiger partial charge on any atom is -0.495 e. The van der Waals surface area contributed by atoms with Crippen LogP contribution in [-0.2, 0) is 17.5 Å². The summed E-state index contributed by atoms with van der Waals surface area (Å²) in [5, 5.41) is 0.229. The van der Waals surface area contributed by atoms with Crippen molar-refractivity contribution >= 4 is 8.32 Å². The van der Waals surface area contributed by atoms with Crippen LogP contribution in [0.2, 0.25) is 18.1 Å². The Morgan fingerprint density at radius 1 is 1.26 bits per heavy atom. The fraction of sp³-hybridized carbons (Fsp3) is 0.737. The van der Waals surface area contributed by atoms with Gasteiger partial charge in [0.15, 0.2) is 8.32 Å². The molecule has 0 unspecified atom stereocenters. The van der Waals surface area contributed by atoms with E-state index in [1.807, 2.05) is 6.20 Å². The van der Waals surface area contributed by atoms with E-state index < -0.39 is 8.32 Å². The maximum atomic E-state index is 6.30. The maximum absolute atomic E-state index is 6.30. The summed E-state index contributed by atoms with van der Waals surface area (Å²) in [7, 11) is -0.000885. The van der Waals surface area contributed by atoms with Crippen LogP contribution in [0.1, 0.15) is 57.7 Å². The lowest BCUT2D eigenvalue weighted by atomic mass is 10.1. The van der Waals surface area contributed by atoms with Crippen molar-refractivity contribution in [3.8, 4) is 5.75 Å². The molecule has 0 aromatic carbocycles. The number of nitrogens with zero attached hydrogens (tertiary/aromatic N) is 1. The van der Waals surface area contributed by atoms with E-state index in [0.29, 0.717) is 6.61 Å². The van der Waals surface area contributed by atoms with Crippen molar-refractivity contribution in [2.24, 2.45) is 5.92 Å². The summed E-state index contributed by atoms with van der Waals surface area (Å²) in [5.74, 6) is 1.90. The zero-order valence-electron chi connectivity index (χ0n) is 15.7. The van der Waals surface area contributed by atoms with Gasteiger partial charge in [-0.2, -0.15) is 0 Å². The van der Waals surface area contributed by atoms with E-state index in [2.05, 4.69) is 44.9 Å². The molecular weight excluding hydrogens is 302 g/mol. The lowest BCUT2D eigenvalue weighted by Crippen LogP contribution is -2.40. The molecule has 1 saturated carbocycles. The molecule has 3 nitrogen and oxygen atoms in total. The first kappa shape index (κ1) is 18.5. The summed E-state index contributed by atoms with van der Waals surface area (Å²) in [4.78, 5) is 4.52. The zero-order valence-corrected chi connectivity index (χ0v) is 16.7. The van der Waals surface area contributed by atoms with Gasteiger partial charge in [-0.1, -0.05) is 40.0 Å². The number of aryl methyl sites for hydroxylation is 1. The number of aromatic nitrogens is 1. The Hall–Kier alpha value is -0.873. The van der Waals surface area contributed by atoms with Crippen LogP contribution >= 0.6 is 0 Å². The average Bonchev–Trinajstić information content (AvgIpc) is 3.28. The molecule has 4 heteroatoms. The topological polar surface area (TPSA) is 31.4 Å². The summed E-state index contributed by atoms with van der Waals surface area (Å²) in [5.41, 5.74) is 2.30. The molecule has 130 valence electrons. The summed E-state index contributed by atoms with van der Waals surface area (Å²) in [6.07, 6.45) is 8.39. The number of pyridine rings is 1. The Morgan fingerprint density at radius 3 is 2.52 bits per heavy atom. The Bertz CT molecular complexity index is 519. The lowest BCUT2D eigenvalue weighted by molar-refractivity contribution is 0.271. The predicted molar refractivity (Wildman–Crippen MR) is 98.4 cm³/mol. The van der Waals surface area contributed by atoms with Crippen LogP contribution in [0.15, 0.2) is 12.3 Å². The predicted octanol–water partition coefficient (Wildman–Crippen LogP) is 5.34. The summed E-state index contributed by atoms with van der Waals surface area (Å²) >= 11 is 0. The smallest absolute Gasteiger partial charge is 0.192 e. The van der Waals surface area contributed by atoms with E-state index in [-0.39, 0.29) is 5.04 Å². The van der Waals surface area contributed by atoms with Gasteiger partial charge in [0.05, 0.1) is 25.6 Å². The summed E-state index contributed by atoms with van der Waals surface area (Å²) < 4.78 is 11.8. The van der Waals surface area contributed by atoms with Crippen molar-refractivity contribution in [1.29, 1.82) is 0 Å². The third-order valence-electron chi connectivity index (χ3n) is 5.37. The fourth-order valence-corrected chi connectivity index (χ4v) is 3.39. The van der Waals surface area contributed by atoms with E-state index in [0.717, 1.165) is 23.8 Å². The Balaban J connectivity index is 1.98. The molecule has 0 saturated heterocycles. The van der Waals surface area contributed by atoms with Crippen LogP contribution in [0.4, 0.5) is 0 Å². The fourth-order valence-electron chi connectivity index (χ4n) is 2.45. The normalized spacial score (nSPS) is 15.7. The highest BCUT2D eigenvalue weighted by Crippen LogP contribution is 2.37. The van der Waals surface area contributed by atoms with Crippen LogP contribution in [0.5, 0.6) is 5.75 Å². The molecule has 0 aliphatic heterocycles. The van der Waals surface area contributed by atoms with Crippen molar-refractivity contribution in [3.05, 3.63) is 23.5 Å². The molecule has 1 aliphatic rings. The molecule has 23 heavy (non-hydrogen) atoms. The molecule has 0 N–H and O–H groups in total. The SMILES string of the molecule is COc1cnc(CO[Si](C)(C)C(C)(C)C)cc1CCCC1CC1. The number of hydrogen-bond donors (Lipinski definition) is 0. The highest BCUT2D eigenvalue weighted by atomic mass is 28.4. The molecule has 1 aromatic rings. The molecule has 0 atom stereocenters. The Labute approximate surface area is 142 Å². The first-order chi connectivity index (χ1) is 10.7. The number of hydrogen-bond acceptors (Lipinski definition) is 3. The van der Waals surface area contributed by atoms with Gasteiger partial charge >= 0.3 is 0 Å². The molecule has 2 rings (SSSR count). The molecule has 0 spiro atoms. The molecule has 0 amide bonds. The van der Waals surface area contributed by atoms with E-state index >= 15 is 0 Å². The van der Waals surface area contributed by atoms with Gasteiger partial charge in [0.1, 0.15) is 5.75 Å². The maximum Gasteiger partial charge on any atom is 0.192 e. The molecule has 1 fully saturated rings. The third-order valence-corrected chi connectivity index (χ3v) is 9.85. The van der Waals surface area contributed by atoms with Crippen molar-refractivity contribution in [1.82, 2.24) is 4.98 Å². The Kier molecular flexibility index (Phi) is 5.90. The Morgan fingerprint density at radius 2 is 1.96 bits per heavy atom. The van der Waals surface area contributed by atoms with Gasteiger partial charge in [-0.15, -0.1) is 0 Å². The standard InChI is InChI=1S/C19H33NO2Si/c1-19(2,3)23(5,6)22-14-17-12-16(18(21-4)13-20-17)9-7-8-15-10-11-15/h12-13,15H,7-11,14H2,1-6H3. The molecule has 0 radical (unpaired) electrons. The van der Waals surface area contributed by atoms with E-state index in [1.54, 1.807) is 7.11 Å². The quantitative estimate of drug-likeness (QED) is 0.600. The van der Waals surface area contributed by atoms with Gasteiger partial charge in [0, 0.05) is 0 Å². The van der Waals surface area contributed by atoms with Crippen molar-refractivity contribution in [2.45, 2.75) is 77.6 Å². The summed E-state index contributed by atoms with van der Waals surface area (Å²) in [6.45, 7) is 12.0. The minimum absolute atomic E-state index is 0.229. The second-order valence-electron chi connectivity index (χ2n) is 8.37. The van der Waals surface area contributed by atoms with Crippen LogP contribution in [0.3, 0.4) is 0 Å². The van der Waals surface area contributed by atoms with Crippen LogP contribution in [0, 0.1) is 5.92 Å². The van der Waals surface area contributed by atoms with Crippen LogP contribution in [0.25, 0.3) is 0 Å². The highest BCUT2D eigenvalue weighted by molar-refractivity contribution is 6.74. The first-order valence-electron chi connectivity index (χ1n) is 8.88. The van der Waals surface area contributed by atoms with Crippen LogP contribution < -0.4 is 4.74 Å². The highest BCUT2D eigenvalue weighted by Gasteiger charge is 2.37. The molecule has 0 bridgehead atoms. The van der Waals surface area contributed by atoms with Crippen molar-refractivity contribution in [2.75, 3.05) is 7.11 Å². The van der Waals surface area contributed by atoms with Crippen molar-refractivity contribution < 1.29 is 9.16 Å². The van der Waals surface area contributed by atoms with Gasteiger partial charge in [-0.3, -0.25) is 4.98 Å². The first-order valence-corrected chi connectivity index (χ1v) is 11.8. The molecule has 1 aromatic heterocycles. The molecular formula is C19H33NO2Si. The number of rotatable bonds is 8. The monoisotopic (exact) mass is 335 g/mol. The van der Waals surface area contributed by atoms with Gasteiger partial charge in [-0.05, 0) is 48.5 Å². The van der Waals surface area contributed by atoms with Gasteiger partial charge in [0.25, 0.3) is 0 Å². The number of methoxy groups -OCH3 is 1.